The Morgan fingerprint density at radius 3 is 2.59 bits per heavy atom. The van der Waals surface area contributed by atoms with Crippen LogP contribution >= 0.6 is 11.6 Å². The van der Waals surface area contributed by atoms with Crippen LogP contribution < -0.4 is 0 Å². The first kappa shape index (κ1) is 24.1. The van der Waals surface area contributed by atoms with Gasteiger partial charge in [0.05, 0.1) is 16.6 Å². The zero-order valence-corrected chi connectivity index (χ0v) is 21.8. The maximum absolute atomic E-state index is 13.4. The molecule has 0 saturated carbocycles. The number of nitrogens with zero attached hydrogens (tertiary/aromatic N) is 4. The predicted molar refractivity (Wildman–Crippen MR) is 143 cm³/mol. The molecular formula is C30H31ClN4O2. The van der Waals surface area contributed by atoms with Crippen LogP contribution in [-0.2, 0) is 19.5 Å². The number of pyridine rings is 1. The highest BCUT2D eigenvalue weighted by atomic mass is 35.5. The summed E-state index contributed by atoms with van der Waals surface area (Å²) in [6.07, 6.45) is 7.36. The van der Waals surface area contributed by atoms with Crippen molar-refractivity contribution in [2.45, 2.75) is 50.9 Å². The first-order valence-electron chi connectivity index (χ1n) is 13.1. The van der Waals surface area contributed by atoms with Gasteiger partial charge in [0, 0.05) is 57.2 Å². The molecule has 1 aliphatic carbocycles. The molecule has 2 aromatic carbocycles. The zero-order valence-electron chi connectivity index (χ0n) is 21.1. The fourth-order valence-corrected chi connectivity index (χ4v) is 6.50. The number of aryl methyl sites for hydroxylation is 1. The molecule has 190 valence electrons. The summed E-state index contributed by atoms with van der Waals surface area (Å²) >= 11 is 6.34. The van der Waals surface area contributed by atoms with E-state index in [2.05, 4.69) is 28.1 Å². The van der Waals surface area contributed by atoms with Crippen molar-refractivity contribution in [1.29, 1.82) is 0 Å². The Morgan fingerprint density at radius 1 is 1.05 bits per heavy atom. The highest BCUT2D eigenvalue weighted by molar-refractivity contribution is 6.34. The molecule has 1 atom stereocenters. The normalized spacial score (nSPS) is 19.7. The number of halogens is 1. The Bertz CT molecular complexity index is 1340. The maximum Gasteiger partial charge on any atom is 0.256 e. The van der Waals surface area contributed by atoms with Gasteiger partial charge in [0.1, 0.15) is 0 Å². The largest absolute Gasteiger partial charge is 0.339 e. The van der Waals surface area contributed by atoms with Crippen molar-refractivity contribution in [2.75, 3.05) is 20.1 Å². The summed E-state index contributed by atoms with van der Waals surface area (Å²) < 4.78 is 0. The highest BCUT2D eigenvalue weighted by Crippen LogP contribution is 2.41. The molecule has 2 aliphatic heterocycles. The van der Waals surface area contributed by atoms with Crippen LogP contribution in [0.2, 0.25) is 5.02 Å². The van der Waals surface area contributed by atoms with Gasteiger partial charge in [-0.15, -0.1) is 0 Å². The third-order valence-corrected chi connectivity index (χ3v) is 8.62. The summed E-state index contributed by atoms with van der Waals surface area (Å²) in [6, 6.07) is 16.1. The molecule has 0 radical (unpaired) electrons. The highest BCUT2D eigenvalue weighted by Gasteiger charge is 2.38. The van der Waals surface area contributed by atoms with Crippen LogP contribution in [0.25, 0.3) is 0 Å². The Labute approximate surface area is 222 Å². The minimum absolute atomic E-state index is 0.00797. The Morgan fingerprint density at radius 2 is 1.84 bits per heavy atom. The van der Waals surface area contributed by atoms with Crippen LogP contribution in [0.4, 0.5) is 0 Å². The first-order valence-corrected chi connectivity index (χ1v) is 13.5. The van der Waals surface area contributed by atoms with Crippen molar-refractivity contribution in [3.05, 3.63) is 99.3 Å². The van der Waals surface area contributed by atoms with Gasteiger partial charge < -0.3 is 9.80 Å². The van der Waals surface area contributed by atoms with E-state index >= 15 is 0 Å². The lowest BCUT2D eigenvalue weighted by atomic mass is 10.00. The third-order valence-electron chi connectivity index (χ3n) is 8.31. The predicted octanol–water partition coefficient (Wildman–Crippen LogP) is 5.11. The van der Waals surface area contributed by atoms with Crippen molar-refractivity contribution < 1.29 is 9.59 Å². The van der Waals surface area contributed by atoms with E-state index in [0.717, 1.165) is 62.0 Å². The van der Waals surface area contributed by atoms with E-state index in [0.29, 0.717) is 17.1 Å². The number of hydrogen-bond donors (Lipinski definition) is 0. The van der Waals surface area contributed by atoms with Crippen molar-refractivity contribution in [3.8, 4) is 0 Å². The number of rotatable bonds is 5. The van der Waals surface area contributed by atoms with Crippen LogP contribution in [0.5, 0.6) is 0 Å². The number of likely N-dealkylation sites (tertiary alicyclic amines) is 1. The molecule has 3 aromatic rings. The molecule has 0 unspecified atom stereocenters. The van der Waals surface area contributed by atoms with Crippen molar-refractivity contribution in [1.82, 2.24) is 19.7 Å². The lowest BCUT2D eigenvalue weighted by Gasteiger charge is -2.37. The molecule has 1 fully saturated rings. The Hall–Kier alpha value is -3.22. The molecule has 6 nitrogen and oxygen atoms in total. The van der Waals surface area contributed by atoms with E-state index in [4.69, 9.17) is 11.6 Å². The number of aromatic nitrogens is 1. The minimum Gasteiger partial charge on any atom is -0.339 e. The summed E-state index contributed by atoms with van der Waals surface area (Å²) in [5.74, 6) is 0.0869. The standard InChI is InChI=1S/C30H31ClN4O2/c1-33(24-11-15-34(16-12-24)18-20-9-13-32-14-10-20)29(36)22-5-7-25-21(17-22)6-8-27(25)35-19-23-3-2-4-26(31)28(23)30(35)37/h2-5,7,9-10,13-14,17,24,27H,6,8,11-12,15-16,18-19H2,1H3/t27-/m1/s1. The van der Waals surface area contributed by atoms with Crippen molar-refractivity contribution in [3.63, 3.8) is 0 Å². The lowest BCUT2D eigenvalue weighted by Crippen LogP contribution is -2.45. The molecule has 0 spiro atoms. The second-order valence-electron chi connectivity index (χ2n) is 10.5. The molecule has 0 N–H and O–H groups in total. The smallest absolute Gasteiger partial charge is 0.256 e. The van der Waals surface area contributed by atoms with Crippen molar-refractivity contribution in [2.24, 2.45) is 0 Å². The van der Waals surface area contributed by atoms with Gasteiger partial charge in [-0.3, -0.25) is 19.5 Å². The van der Waals surface area contributed by atoms with Gasteiger partial charge in [-0.05, 0) is 78.3 Å². The average molecular weight is 515 g/mol. The number of carbonyl (C=O) groups is 2. The first-order chi connectivity index (χ1) is 18.0. The maximum atomic E-state index is 13.4. The molecule has 37 heavy (non-hydrogen) atoms. The second kappa shape index (κ2) is 9.92. The van der Waals surface area contributed by atoms with E-state index in [9.17, 15) is 9.59 Å². The molecule has 6 rings (SSSR count). The second-order valence-corrected chi connectivity index (χ2v) is 10.9. The fraction of sp³-hybridized carbons (Fsp3) is 0.367. The van der Waals surface area contributed by atoms with Crippen molar-refractivity contribution >= 4 is 23.4 Å². The van der Waals surface area contributed by atoms with Gasteiger partial charge in [0.25, 0.3) is 11.8 Å². The van der Waals surface area contributed by atoms with Crippen LogP contribution in [-0.4, -0.2) is 57.7 Å². The summed E-state index contributed by atoms with van der Waals surface area (Å²) in [6.45, 7) is 3.47. The van der Waals surface area contributed by atoms with E-state index in [1.165, 1.54) is 11.1 Å². The summed E-state index contributed by atoms with van der Waals surface area (Å²) in [4.78, 5) is 37.0. The topological polar surface area (TPSA) is 56.8 Å². The Kier molecular flexibility index (Phi) is 6.47. The van der Waals surface area contributed by atoms with Gasteiger partial charge >= 0.3 is 0 Å². The third kappa shape index (κ3) is 4.53. The SMILES string of the molecule is CN(C(=O)c1ccc2c(c1)CC[C@H]2N1Cc2cccc(Cl)c2C1=O)C1CCN(Cc2ccncc2)CC1. The van der Waals surface area contributed by atoms with Crippen LogP contribution in [0, 0.1) is 0 Å². The van der Waals surface area contributed by atoms with Crippen LogP contribution in [0.15, 0.2) is 60.9 Å². The molecule has 1 saturated heterocycles. The molecule has 1 aromatic heterocycles. The number of piperidine rings is 1. The van der Waals surface area contributed by atoms with Crippen LogP contribution in [0.3, 0.4) is 0 Å². The summed E-state index contributed by atoms with van der Waals surface area (Å²) in [5.41, 5.74) is 5.97. The van der Waals surface area contributed by atoms with E-state index < -0.39 is 0 Å². The number of amides is 2. The quantitative estimate of drug-likeness (QED) is 0.474. The number of carbonyl (C=O) groups excluding carboxylic acids is 2. The monoisotopic (exact) mass is 514 g/mol. The van der Waals surface area contributed by atoms with Gasteiger partial charge in [-0.1, -0.05) is 29.8 Å². The number of hydrogen-bond acceptors (Lipinski definition) is 4. The fourth-order valence-electron chi connectivity index (χ4n) is 6.22. The zero-order chi connectivity index (χ0) is 25.5. The number of fused-ring (bicyclic) bond motifs is 2. The van der Waals surface area contributed by atoms with E-state index in [1.807, 2.05) is 53.5 Å². The summed E-state index contributed by atoms with van der Waals surface area (Å²) in [7, 11) is 1.94. The van der Waals surface area contributed by atoms with Gasteiger partial charge in [-0.25, -0.2) is 0 Å². The molecule has 0 bridgehead atoms. The lowest BCUT2D eigenvalue weighted by molar-refractivity contribution is 0.0635. The van der Waals surface area contributed by atoms with Gasteiger partial charge in [-0.2, -0.15) is 0 Å². The minimum atomic E-state index is 0.00797. The molecule has 3 heterocycles. The molecule has 2 amide bonds. The molecule has 3 aliphatic rings. The summed E-state index contributed by atoms with van der Waals surface area (Å²) in [5, 5.41) is 0.524. The van der Waals surface area contributed by atoms with Gasteiger partial charge in [0.2, 0.25) is 0 Å². The average Bonchev–Trinajstić information content (AvgIpc) is 3.49. The van der Waals surface area contributed by atoms with E-state index in [-0.39, 0.29) is 23.9 Å². The Balaban J connectivity index is 1.10. The number of benzene rings is 2. The molecule has 7 heteroatoms. The molecular weight excluding hydrogens is 484 g/mol. The van der Waals surface area contributed by atoms with Crippen LogP contribution in [0.1, 0.15) is 68.3 Å². The van der Waals surface area contributed by atoms with E-state index in [1.54, 1.807) is 6.07 Å². The van der Waals surface area contributed by atoms with Gasteiger partial charge in [0.15, 0.2) is 0 Å².